The minimum atomic E-state index is -0.772. The van der Waals surface area contributed by atoms with E-state index in [4.69, 9.17) is 5.11 Å². The van der Waals surface area contributed by atoms with Crippen molar-refractivity contribution in [1.29, 1.82) is 0 Å². The Morgan fingerprint density at radius 1 is 1.10 bits per heavy atom. The number of hydrogen-bond donors (Lipinski definition) is 1. The van der Waals surface area contributed by atoms with E-state index < -0.39 is 5.97 Å². The van der Waals surface area contributed by atoms with Crippen LogP contribution >= 0.6 is 0 Å². The van der Waals surface area contributed by atoms with E-state index in [-0.39, 0.29) is 6.42 Å². The van der Waals surface area contributed by atoms with E-state index in [1.165, 1.54) is 50.6 Å². The molecule has 0 saturated heterocycles. The first-order valence-electron chi connectivity index (χ1n) is 7.70. The molecule has 1 aromatic carbocycles. The van der Waals surface area contributed by atoms with Crippen LogP contribution in [0, 0.1) is 0 Å². The van der Waals surface area contributed by atoms with Crippen molar-refractivity contribution in [3.63, 3.8) is 0 Å². The predicted molar refractivity (Wildman–Crippen MR) is 82.3 cm³/mol. The molecule has 1 N–H and O–H groups in total. The molecule has 0 aliphatic heterocycles. The van der Waals surface area contributed by atoms with Crippen molar-refractivity contribution < 1.29 is 9.90 Å². The van der Waals surface area contributed by atoms with Gasteiger partial charge in [-0.3, -0.25) is 4.79 Å². The van der Waals surface area contributed by atoms with Gasteiger partial charge < -0.3 is 10.0 Å². The number of anilines is 1. The fourth-order valence-corrected chi connectivity index (χ4v) is 3.06. The minimum Gasteiger partial charge on any atom is -0.481 e. The Hall–Kier alpha value is -1.51. The predicted octanol–water partition coefficient (Wildman–Crippen LogP) is 3.86. The van der Waals surface area contributed by atoms with Crippen LogP contribution in [0.4, 0.5) is 5.69 Å². The van der Waals surface area contributed by atoms with E-state index in [2.05, 4.69) is 24.1 Å². The fourth-order valence-electron chi connectivity index (χ4n) is 3.06. The first-order valence-corrected chi connectivity index (χ1v) is 7.70. The molecule has 0 bridgehead atoms. The molecule has 1 fully saturated rings. The largest absolute Gasteiger partial charge is 0.481 e. The van der Waals surface area contributed by atoms with E-state index >= 15 is 0 Å². The molecule has 3 heteroatoms. The third-order valence-electron chi connectivity index (χ3n) is 4.32. The Morgan fingerprint density at radius 2 is 1.65 bits per heavy atom. The molecule has 0 aromatic heterocycles. The van der Waals surface area contributed by atoms with E-state index in [0.29, 0.717) is 6.04 Å². The summed E-state index contributed by atoms with van der Waals surface area (Å²) in [5, 5.41) is 8.80. The summed E-state index contributed by atoms with van der Waals surface area (Å²) < 4.78 is 0. The van der Waals surface area contributed by atoms with Gasteiger partial charge in [0.1, 0.15) is 0 Å². The van der Waals surface area contributed by atoms with Crippen LogP contribution in [0.25, 0.3) is 0 Å². The van der Waals surface area contributed by atoms with Crippen LogP contribution in [0.2, 0.25) is 0 Å². The standard InChI is InChI=1S/C17H25NO2/c1-18(15-7-5-3-2-4-6-8-15)16-11-9-14(10-12-16)13-17(19)20/h9-12,15H,2-8,13H2,1H3,(H,19,20). The van der Waals surface area contributed by atoms with Crippen LogP contribution in [-0.2, 0) is 11.2 Å². The number of benzene rings is 1. The van der Waals surface area contributed by atoms with Crippen molar-refractivity contribution in [3.8, 4) is 0 Å². The second-order valence-electron chi connectivity index (χ2n) is 5.85. The summed E-state index contributed by atoms with van der Waals surface area (Å²) in [5.74, 6) is -0.772. The van der Waals surface area contributed by atoms with Gasteiger partial charge in [0.2, 0.25) is 0 Å². The van der Waals surface area contributed by atoms with Crippen molar-refractivity contribution in [3.05, 3.63) is 29.8 Å². The van der Waals surface area contributed by atoms with Crippen LogP contribution < -0.4 is 4.90 Å². The highest BCUT2D eigenvalue weighted by molar-refractivity contribution is 5.70. The Balaban J connectivity index is 1.99. The monoisotopic (exact) mass is 275 g/mol. The Bertz CT molecular complexity index is 419. The van der Waals surface area contributed by atoms with Crippen LogP contribution in [-0.4, -0.2) is 24.2 Å². The van der Waals surface area contributed by atoms with Gasteiger partial charge in [0.15, 0.2) is 0 Å². The van der Waals surface area contributed by atoms with Gasteiger partial charge in [-0.15, -0.1) is 0 Å². The Labute approximate surface area is 121 Å². The van der Waals surface area contributed by atoms with Gasteiger partial charge in [0.05, 0.1) is 6.42 Å². The van der Waals surface area contributed by atoms with Crippen molar-refractivity contribution in [2.75, 3.05) is 11.9 Å². The zero-order chi connectivity index (χ0) is 14.4. The molecule has 0 unspecified atom stereocenters. The zero-order valence-corrected chi connectivity index (χ0v) is 12.3. The summed E-state index contributed by atoms with van der Waals surface area (Å²) in [4.78, 5) is 13.1. The Morgan fingerprint density at radius 3 is 2.20 bits per heavy atom. The average Bonchev–Trinajstić information content (AvgIpc) is 2.38. The van der Waals surface area contributed by atoms with Crippen molar-refractivity contribution in [2.24, 2.45) is 0 Å². The van der Waals surface area contributed by atoms with Crippen LogP contribution in [0.1, 0.15) is 50.5 Å². The van der Waals surface area contributed by atoms with Crippen LogP contribution in [0.15, 0.2) is 24.3 Å². The highest BCUT2D eigenvalue weighted by atomic mass is 16.4. The third-order valence-corrected chi connectivity index (χ3v) is 4.32. The number of aliphatic carboxylic acids is 1. The number of rotatable bonds is 4. The number of carbonyl (C=O) groups is 1. The molecule has 3 nitrogen and oxygen atoms in total. The summed E-state index contributed by atoms with van der Waals surface area (Å²) in [6.45, 7) is 0. The summed E-state index contributed by atoms with van der Waals surface area (Å²) in [6.07, 6.45) is 9.41. The molecule has 0 heterocycles. The maximum absolute atomic E-state index is 10.7. The molecule has 0 amide bonds. The lowest BCUT2D eigenvalue weighted by atomic mass is 9.95. The molecule has 20 heavy (non-hydrogen) atoms. The molecule has 1 aliphatic carbocycles. The molecule has 1 saturated carbocycles. The Kier molecular flexibility index (Phi) is 5.45. The molecule has 1 aromatic rings. The van der Waals surface area contributed by atoms with Crippen molar-refractivity contribution >= 4 is 11.7 Å². The smallest absolute Gasteiger partial charge is 0.307 e. The van der Waals surface area contributed by atoms with E-state index in [0.717, 1.165) is 5.56 Å². The van der Waals surface area contributed by atoms with E-state index in [1.807, 2.05) is 12.1 Å². The number of nitrogens with zero attached hydrogens (tertiary/aromatic N) is 1. The van der Waals surface area contributed by atoms with E-state index in [1.54, 1.807) is 0 Å². The summed E-state index contributed by atoms with van der Waals surface area (Å²) in [6, 6.07) is 8.60. The molecular formula is C17H25NO2. The summed E-state index contributed by atoms with van der Waals surface area (Å²) in [5.41, 5.74) is 2.07. The molecule has 0 spiro atoms. The minimum absolute atomic E-state index is 0.105. The molecule has 0 radical (unpaired) electrons. The first-order chi connectivity index (χ1) is 9.66. The van der Waals surface area contributed by atoms with Gasteiger partial charge in [0, 0.05) is 18.8 Å². The van der Waals surface area contributed by atoms with Crippen molar-refractivity contribution in [2.45, 2.75) is 57.4 Å². The zero-order valence-electron chi connectivity index (χ0n) is 12.3. The van der Waals surface area contributed by atoms with Gasteiger partial charge in [-0.05, 0) is 30.5 Å². The highest BCUT2D eigenvalue weighted by Crippen LogP contribution is 2.25. The second-order valence-corrected chi connectivity index (χ2v) is 5.85. The maximum Gasteiger partial charge on any atom is 0.307 e. The first kappa shape index (κ1) is 14.9. The number of carboxylic acid groups (broad SMARTS) is 1. The van der Waals surface area contributed by atoms with Gasteiger partial charge in [-0.25, -0.2) is 0 Å². The lowest BCUT2D eigenvalue weighted by Crippen LogP contribution is -2.32. The SMILES string of the molecule is CN(c1ccc(CC(=O)O)cc1)C1CCCCCCC1. The van der Waals surface area contributed by atoms with Gasteiger partial charge in [-0.1, -0.05) is 44.2 Å². The maximum atomic E-state index is 10.7. The van der Waals surface area contributed by atoms with E-state index in [9.17, 15) is 4.79 Å². The molecule has 2 rings (SSSR count). The van der Waals surface area contributed by atoms with Gasteiger partial charge >= 0.3 is 5.97 Å². The number of hydrogen-bond acceptors (Lipinski definition) is 2. The molecule has 0 atom stereocenters. The number of carboxylic acids is 1. The topological polar surface area (TPSA) is 40.5 Å². The highest BCUT2D eigenvalue weighted by Gasteiger charge is 2.16. The average molecular weight is 275 g/mol. The molecular weight excluding hydrogens is 250 g/mol. The molecule has 110 valence electrons. The van der Waals surface area contributed by atoms with Crippen LogP contribution in [0.3, 0.4) is 0 Å². The lowest BCUT2D eigenvalue weighted by molar-refractivity contribution is -0.136. The van der Waals surface area contributed by atoms with Crippen molar-refractivity contribution in [1.82, 2.24) is 0 Å². The molecule has 1 aliphatic rings. The summed E-state index contributed by atoms with van der Waals surface area (Å²) >= 11 is 0. The normalized spacial score (nSPS) is 17.2. The van der Waals surface area contributed by atoms with Gasteiger partial charge in [0.25, 0.3) is 0 Å². The fraction of sp³-hybridized carbons (Fsp3) is 0.588. The quantitative estimate of drug-likeness (QED) is 0.907. The van der Waals surface area contributed by atoms with Crippen LogP contribution in [0.5, 0.6) is 0 Å². The summed E-state index contributed by atoms with van der Waals surface area (Å²) in [7, 11) is 2.17. The third kappa shape index (κ3) is 4.26. The second kappa shape index (κ2) is 7.32. The van der Waals surface area contributed by atoms with Gasteiger partial charge in [-0.2, -0.15) is 0 Å². The lowest BCUT2D eigenvalue weighted by Gasteiger charge is -2.31.